The summed E-state index contributed by atoms with van der Waals surface area (Å²) in [5.41, 5.74) is 7.26. The Bertz CT molecular complexity index is 2690. The summed E-state index contributed by atoms with van der Waals surface area (Å²) >= 11 is 0. The number of benzene rings is 8. The van der Waals surface area contributed by atoms with Crippen molar-refractivity contribution in [1.29, 1.82) is 0 Å². The summed E-state index contributed by atoms with van der Waals surface area (Å²) in [5.74, 6) is 0.861. The van der Waals surface area contributed by atoms with Gasteiger partial charge in [0.1, 0.15) is 29.3 Å². The largest absolute Gasteiger partial charge is 0.455 e. The predicted octanol–water partition coefficient (Wildman–Crippen LogP) is 11.0. The van der Waals surface area contributed by atoms with Crippen molar-refractivity contribution in [3.05, 3.63) is 180 Å². The van der Waals surface area contributed by atoms with Crippen LogP contribution in [0.3, 0.4) is 0 Å². The number of fused-ring (bicyclic) bond motifs is 9. The molecule has 8 aromatic carbocycles. The highest BCUT2D eigenvalue weighted by molar-refractivity contribution is 6.26. The molecule has 0 radical (unpaired) electrons. The van der Waals surface area contributed by atoms with E-state index in [1.165, 1.54) is 32.3 Å². The van der Waals surface area contributed by atoms with Gasteiger partial charge in [-0.2, -0.15) is 0 Å². The number of para-hydroxylation sites is 1. The molecule has 2 unspecified atom stereocenters. The normalized spacial score (nSPS) is 16.4. The van der Waals surface area contributed by atoms with E-state index in [9.17, 15) is 0 Å². The summed E-state index contributed by atoms with van der Waals surface area (Å²) in [7, 11) is 0. The molecule has 2 heterocycles. The fourth-order valence-corrected chi connectivity index (χ4v) is 7.69. The van der Waals surface area contributed by atoms with Gasteiger partial charge in [-0.15, -0.1) is 0 Å². The van der Waals surface area contributed by atoms with Gasteiger partial charge in [-0.3, -0.25) is 5.32 Å². The maximum atomic E-state index is 6.78. The third-order valence-corrected chi connectivity index (χ3v) is 9.95. The van der Waals surface area contributed by atoms with Crippen molar-refractivity contribution in [1.82, 2.24) is 10.6 Å². The third kappa shape index (κ3) is 4.53. The molecule has 0 saturated heterocycles. The lowest BCUT2D eigenvalue weighted by Gasteiger charge is -2.32. The van der Waals surface area contributed by atoms with E-state index in [1.54, 1.807) is 0 Å². The van der Waals surface area contributed by atoms with Gasteiger partial charge in [-0.05, 0) is 55.6 Å². The molecule has 4 heteroatoms. The Hall–Kier alpha value is -6.23. The smallest absolute Gasteiger partial charge is 0.143 e. The minimum atomic E-state index is -0.213. The van der Waals surface area contributed by atoms with Crippen LogP contribution in [0, 0.1) is 0 Å². The highest BCUT2D eigenvalue weighted by atomic mass is 16.3. The monoisotopic (exact) mass is 629 g/mol. The van der Waals surface area contributed by atoms with Gasteiger partial charge in [0.25, 0.3) is 0 Å². The van der Waals surface area contributed by atoms with E-state index in [0.717, 1.165) is 55.6 Å². The number of hydrogen-bond donors (Lipinski definition) is 2. The van der Waals surface area contributed by atoms with Gasteiger partial charge in [-0.1, -0.05) is 152 Å². The fraction of sp³-hybridized carbons (Fsp3) is 0.0444. The molecule has 232 valence electrons. The number of rotatable bonds is 4. The highest BCUT2D eigenvalue weighted by Crippen LogP contribution is 2.42. The zero-order chi connectivity index (χ0) is 32.3. The maximum absolute atomic E-state index is 6.78. The minimum absolute atomic E-state index is 0.202. The Balaban J connectivity index is 1.14. The lowest BCUT2D eigenvalue weighted by molar-refractivity contribution is 0.411. The molecule has 0 spiro atoms. The molecule has 2 N–H and O–H groups in total. The third-order valence-electron chi connectivity index (χ3n) is 9.95. The number of hydrogen-bond acceptors (Lipinski definition) is 4. The average molecular weight is 630 g/mol. The molecule has 1 aliphatic rings. The lowest BCUT2D eigenvalue weighted by atomic mass is 9.91. The molecule has 0 aliphatic carbocycles. The molecule has 0 fully saturated rings. The molecule has 10 rings (SSSR count). The van der Waals surface area contributed by atoms with Crippen LogP contribution in [0.4, 0.5) is 0 Å². The Morgan fingerprint density at radius 3 is 1.84 bits per heavy atom. The Morgan fingerprint density at radius 1 is 0.490 bits per heavy atom. The fourth-order valence-electron chi connectivity index (χ4n) is 7.69. The van der Waals surface area contributed by atoms with Gasteiger partial charge >= 0.3 is 0 Å². The number of amidine groups is 1. The van der Waals surface area contributed by atoms with Crippen LogP contribution in [0.2, 0.25) is 0 Å². The Kier molecular flexibility index (Phi) is 6.36. The predicted molar refractivity (Wildman–Crippen MR) is 203 cm³/mol. The number of aliphatic imine (C=N–C) groups is 1. The molecular formula is C45H31N3O. The van der Waals surface area contributed by atoms with Gasteiger partial charge in [0.05, 0.1) is 0 Å². The van der Waals surface area contributed by atoms with Crippen molar-refractivity contribution in [2.45, 2.75) is 12.3 Å². The van der Waals surface area contributed by atoms with Crippen LogP contribution < -0.4 is 10.6 Å². The number of furan rings is 1. The van der Waals surface area contributed by atoms with Crippen molar-refractivity contribution < 1.29 is 4.42 Å². The van der Waals surface area contributed by atoms with Gasteiger partial charge < -0.3 is 9.73 Å². The second kappa shape index (κ2) is 11.2. The van der Waals surface area contributed by atoms with E-state index >= 15 is 0 Å². The molecule has 0 bridgehead atoms. The van der Waals surface area contributed by atoms with Crippen LogP contribution in [0.15, 0.2) is 173 Å². The Morgan fingerprint density at radius 2 is 1.10 bits per heavy atom. The van der Waals surface area contributed by atoms with Crippen molar-refractivity contribution in [3.8, 4) is 11.1 Å². The van der Waals surface area contributed by atoms with Crippen molar-refractivity contribution in [3.63, 3.8) is 0 Å². The van der Waals surface area contributed by atoms with Gasteiger partial charge in [0, 0.05) is 27.5 Å². The van der Waals surface area contributed by atoms with Crippen LogP contribution in [-0.4, -0.2) is 5.84 Å². The standard InChI is InChI=1S/C45H31N3O/c1-3-13-28(14-4-1)43-46-44(29-15-5-2-6-16-29)48-45(47-43)38-23-12-24-40-41(38)37-22-11-21-31(42(37)49-40)30-25-26-36-34-19-8-7-17-32(34)33-18-9-10-20-35(33)39(36)27-30/h1-27,43,45,47H,(H,46,48). The molecule has 0 saturated carbocycles. The van der Waals surface area contributed by atoms with Crippen molar-refractivity contribution in [2.24, 2.45) is 4.99 Å². The van der Waals surface area contributed by atoms with E-state index < -0.39 is 0 Å². The number of nitrogens with zero attached hydrogens (tertiary/aromatic N) is 1. The molecule has 49 heavy (non-hydrogen) atoms. The summed E-state index contributed by atoms with van der Waals surface area (Å²) in [6, 6.07) is 57.9. The van der Waals surface area contributed by atoms with E-state index in [2.05, 4.69) is 162 Å². The summed E-state index contributed by atoms with van der Waals surface area (Å²) in [5, 5.41) is 17.3. The molecule has 9 aromatic rings. The van der Waals surface area contributed by atoms with E-state index in [-0.39, 0.29) is 12.3 Å². The highest BCUT2D eigenvalue weighted by Gasteiger charge is 2.28. The second-order valence-corrected chi connectivity index (χ2v) is 12.8. The van der Waals surface area contributed by atoms with Crippen molar-refractivity contribution in [2.75, 3.05) is 0 Å². The van der Waals surface area contributed by atoms with E-state index in [1.807, 2.05) is 12.1 Å². The zero-order valence-corrected chi connectivity index (χ0v) is 26.6. The first-order valence-corrected chi connectivity index (χ1v) is 16.8. The van der Waals surface area contributed by atoms with E-state index in [0.29, 0.717) is 0 Å². The first-order valence-electron chi connectivity index (χ1n) is 16.8. The van der Waals surface area contributed by atoms with Crippen LogP contribution in [0.5, 0.6) is 0 Å². The summed E-state index contributed by atoms with van der Waals surface area (Å²) in [6.07, 6.45) is -0.415. The molecular weight excluding hydrogens is 599 g/mol. The van der Waals surface area contributed by atoms with E-state index in [4.69, 9.17) is 9.41 Å². The van der Waals surface area contributed by atoms with Gasteiger partial charge in [0.15, 0.2) is 0 Å². The van der Waals surface area contributed by atoms with Crippen LogP contribution in [0.1, 0.15) is 29.0 Å². The average Bonchev–Trinajstić information content (AvgIpc) is 3.58. The molecule has 1 aromatic heterocycles. The Labute approximate surface area is 283 Å². The first-order chi connectivity index (χ1) is 24.3. The maximum Gasteiger partial charge on any atom is 0.143 e. The van der Waals surface area contributed by atoms with Crippen LogP contribution in [-0.2, 0) is 0 Å². The summed E-state index contributed by atoms with van der Waals surface area (Å²) in [6.45, 7) is 0. The second-order valence-electron chi connectivity index (χ2n) is 12.8. The minimum Gasteiger partial charge on any atom is -0.455 e. The summed E-state index contributed by atoms with van der Waals surface area (Å²) in [4.78, 5) is 5.12. The topological polar surface area (TPSA) is 49.6 Å². The molecule has 4 nitrogen and oxygen atoms in total. The quantitative estimate of drug-likeness (QED) is 0.190. The number of nitrogens with one attached hydrogen (secondary N) is 2. The van der Waals surface area contributed by atoms with Gasteiger partial charge in [0.2, 0.25) is 0 Å². The molecule has 2 atom stereocenters. The summed E-state index contributed by atoms with van der Waals surface area (Å²) < 4.78 is 6.78. The first kappa shape index (κ1) is 27.8. The molecule has 1 aliphatic heterocycles. The van der Waals surface area contributed by atoms with Crippen LogP contribution >= 0.6 is 0 Å². The van der Waals surface area contributed by atoms with Crippen molar-refractivity contribution >= 4 is 60.1 Å². The SMILES string of the molecule is c1ccc(C2=NC(c3ccccc3)NC(c3cccc4oc5c(-c6ccc7c8ccccc8c8ccccc8c7c6)cccc5c34)N2)cc1. The van der Waals surface area contributed by atoms with Crippen LogP contribution in [0.25, 0.3) is 65.4 Å². The van der Waals surface area contributed by atoms with Gasteiger partial charge in [-0.25, -0.2) is 4.99 Å². The zero-order valence-electron chi connectivity index (χ0n) is 26.6. The lowest BCUT2D eigenvalue weighted by Crippen LogP contribution is -2.45. The molecule has 0 amide bonds.